The van der Waals surface area contributed by atoms with E-state index in [-0.39, 0.29) is 12.2 Å². The van der Waals surface area contributed by atoms with Gasteiger partial charge in [-0.05, 0) is 24.6 Å². The molecule has 1 unspecified atom stereocenters. The third kappa shape index (κ3) is 2.93. The zero-order valence-corrected chi connectivity index (χ0v) is 16.3. The molecule has 3 aromatic rings. The van der Waals surface area contributed by atoms with Crippen molar-refractivity contribution < 1.29 is 19.4 Å². The Morgan fingerprint density at radius 1 is 1.25 bits per heavy atom. The molecule has 0 aliphatic carbocycles. The van der Waals surface area contributed by atoms with E-state index in [2.05, 4.69) is 4.98 Å². The maximum Gasteiger partial charge on any atom is 0.340 e. The van der Waals surface area contributed by atoms with Crippen molar-refractivity contribution >= 4 is 50.2 Å². The van der Waals surface area contributed by atoms with Gasteiger partial charge in [0.15, 0.2) is 10.9 Å². The Morgan fingerprint density at radius 2 is 2.00 bits per heavy atom. The van der Waals surface area contributed by atoms with Crippen LogP contribution in [0.1, 0.15) is 18.5 Å². The molecular formula is C20H15ClN2O4S. The number of amides is 1. The van der Waals surface area contributed by atoms with Gasteiger partial charge in [0.05, 0.1) is 16.3 Å². The molecule has 1 aliphatic heterocycles. The fraction of sp³-hybridized carbons (Fsp3) is 0.150. The van der Waals surface area contributed by atoms with E-state index in [9.17, 15) is 14.7 Å². The summed E-state index contributed by atoms with van der Waals surface area (Å²) in [6.07, 6.45) is 0. The molecule has 0 saturated carbocycles. The van der Waals surface area contributed by atoms with Crippen molar-refractivity contribution in [2.75, 3.05) is 11.5 Å². The summed E-state index contributed by atoms with van der Waals surface area (Å²) in [5, 5.41) is 11.3. The number of carbonyl (C=O) groups excluding carboxylic acids is 2. The highest BCUT2D eigenvalue weighted by Gasteiger charge is 2.46. The zero-order valence-electron chi connectivity index (χ0n) is 14.8. The van der Waals surface area contributed by atoms with Crippen LogP contribution in [0.15, 0.2) is 59.9 Å². The molecule has 1 amide bonds. The minimum atomic E-state index is -0.841. The minimum absolute atomic E-state index is 0.0941. The summed E-state index contributed by atoms with van der Waals surface area (Å²) in [5.41, 5.74) is 1.13. The van der Waals surface area contributed by atoms with E-state index in [0.717, 1.165) is 4.70 Å². The SMILES string of the molecule is CCOC(=O)C1=C(O)C(=O)N(c2nc3c(Cl)cccc3s2)C1c1ccccc1. The molecule has 1 aromatic heterocycles. The number of carbonyl (C=O) groups is 2. The number of para-hydroxylation sites is 1. The van der Waals surface area contributed by atoms with Gasteiger partial charge < -0.3 is 9.84 Å². The summed E-state index contributed by atoms with van der Waals surface area (Å²) >= 11 is 7.48. The first-order chi connectivity index (χ1) is 13.5. The number of aromatic nitrogens is 1. The number of hydrogen-bond donors (Lipinski definition) is 1. The molecule has 0 spiro atoms. The molecule has 1 N–H and O–H groups in total. The number of aliphatic hydroxyl groups excluding tert-OH is 1. The molecular weight excluding hydrogens is 400 g/mol. The molecule has 142 valence electrons. The van der Waals surface area contributed by atoms with E-state index >= 15 is 0 Å². The van der Waals surface area contributed by atoms with Crippen LogP contribution in [0.5, 0.6) is 0 Å². The first kappa shape index (κ1) is 18.5. The maximum absolute atomic E-state index is 12.9. The van der Waals surface area contributed by atoms with E-state index in [4.69, 9.17) is 16.3 Å². The number of fused-ring (bicyclic) bond motifs is 1. The minimum Gasteiger partial charge on any atom is -0.503 e. The number of anilines is 1. The fourth-order valence-corrected chi connectivity index (χ4v) is 4.47. The lowest BCUT2D eigenvalue weighted by atomic mass is 10.00. The molecule has 4 rings (SSSR count). The first-order valence-electron chi connectivity index (χ1n) is 8.56. The lowest BCUT2D eigenvalue weighted by Gasteiger charge is -2.24. The molecule has 1 atom stereocenters. The first-order valence-corrected chi connectivity index (χ1v) is 9.76. The number of nitrogens with zero attached hydrogens (tertiary/aromatic N) is 2. The second-order valence-electron chi connectivity index (χ2n) is 6.05. The largest absolute Gasteiger partial charge is 0.503 e. The van der Waals surface area contributed by atoms with Crippen LogP contribution in [0.3, 0.4) is 0 Å². The van der Waals surface area contributed by atoms with Crippen molar-refractivity contribution in [3.8, 4) is 0 Å². The number of hydrogen-bond acceptors (Lipinski definition) is 6. The summed E-state index contributed by atoms with van der Waals surface area (Å²) in [4.78, 5) is 31.3. The smallest absolute Gasteiger partial charge is 0.340 e. The van der Waals surface area contributed by atoms with E-state index < -0.39 is 23.7 Å². The number of esters is 1. The lowest BCUT2D eigenvalue weighted by molar-refractivity contribution is -0.139. The summed E-state index contributed by atoms with van der Waals surface area (Å²) in [7, 11) is 0. The molecule has 28 heavy (non-hydrogen) atoms. The van der Waals surface area contributed by atoms with Crippen LogP contribution < -0.4 is 4.90 Å². The van der Waals surface area contributed by atoms with Crippen LogP contribution in [0.2, 0.25) is 5.02 Å². The Morgan fingerprint density at radius 3 is 2.68 bits per heavy atom. The number of halogens is 1. The molecule has 0 fully saturated rings. The number of rotatable bonds is 4. The van der Waals surface area contributed by atoms with Gasteiger partial charge in [-0.25, -0.2) is 9.78 Å². The summed E-state index contributed by atoms with van der Waals surface area (Å²) in [6.45, 7) is 1.79. The predicted octanol–water partition coefficient (Wildman–Crippen LogP) is 4.41. The Kier molecular flexibility index (Phi) is 4.78. The third-order valence-corrected chi connectivity index (χ3v) is 5.71. The highest BCUT2D eigenvalue weighted by Crippen LogP contribution is 2.44. The second-order valence-corrected chi connectivity index (χ2v) is 7.47. The van der Waals surface area contributed by atoms with Gasteiger partial charge in [0, 0.05) is 0 Å². The van der Waals surface area contributed by atoms with Crippen molar-refractivity contribution in [3.63, 3.8) is 0 Å². The van der Waals surface area contributed by atoms with E-state index in [1.54, 1.807) is 43.3 Å². The van der Waals surface area contributed by atoms with Crippen molar-refractivity contribution in [2.24, 2.45) is 0 Å². The quantitative estimate of drug-likeness (QED) is 0.639. The van der Waals surface area contributed by atoms with Crippen LogP contribution >= 0.6 is 22.9 Å². The number of benzene rings is 2. The van der Waals surface area contributed by atoms with Crippen LogP contribution in [0.25, 0.3) is 10.2 Å². The van der Waals surface area contributed by atoms with Gasteiger partial charge >= 0.3 is 5.97 Å². The average Bonchev–Trinajstić information content (AvgIpc) is 3.23. The predicted molar refractivity (Wildman–Crippen MR) is 108 cm³/mol. The third-order valence-electron chi connectivity index (χ3n) is 4.38. The van der Waals surface area contributed by atoms with Crippen LogP contribution in [-0.2, 0) is 14.3 Å². The molecule has 0 bridgehead atoms. The maximum atomic E-state index is 12.9. The monoisotopic (exact) mass is 414 g/mol. The van der Waals surface area contributed by atoms with E-state index in [1.165, 1.54) is 16.2 Å². The van der Waals surface area contributed by atoms with Crippen molar-refractivity contribution in [2.45, 2.75) is 13.0 Å². The Labute approximate surface area is 169 Å². The molecule has 1 aliphatic rings. The normalized spacial score (nSPS) is 16.9. The molecule has 0 radical (unpaired) electrons. The van der Waals surface area contributed by atoms with Gasteiger partial charge in [0.2, 0.25) is 0 Å². The number of thiazole rings is 1. The topological polar surface area (TPSA) is 79.7 Å². The summed E-state index contributed by atoms with van der Waals surface area (Å²) < 4.78 is 5.88. The van der Waals surface area contributed by atoms with Gasteiger partial charge in [-0.15, -0.1) is 0 Å². The average molecular weight is 415 g/mol. The lowest BCUT2D eigenvalue weighted by Crippen LogP contribution is -2.31. The Hall–Kier alpha value is -2.90. The van der Waals surface area contributed by atoms with Gasteiger partial charge in [-0.2, -0.15) is 0 Å². The highest BCUT2D eigenvalue weighted by molar-refractivity contribution is 7.22. The second kappa shape index (κ2) is 7.26. The molecule has 2 heterocycles. The Balaban J connectivity index is 1.88. The van der Waals surface area contributed by atoms with Gasteiger partial charge in [0.25, 0.3) is 5.91 Å². The molecule has 2 aromatic carbocycles. The highest BCUT2D eigenvalue weighted by atomic mass is 35.5. The zero-order chi connectivity index (χ0) is 19.8. The van der Waals surface area contributed by atoms with Gasteiger partial charge in [-0.3, -0.25) is 9.69 Å². The van der Waals surface area contributed by atoms with Crippen molar-refractivity contribution in [3.05, 3.63) is 70.4 Å². The molecule has 8 heteroatoms. The van der Waals surface area contributed by atoms with E-state index in [1.807, 2.05) is 12.1 Å². The molecule has 6 nitrogen and oxygen atoms in total. The number of aliphatic hydroxyl groups is 1. The van der Waals surface area contributed by atoms with Crippen molar-refractivity contribution in [1.82, 2.24) is 4.98 Å². The van der Waals surface area contributed by atoms with E-state index in [0.29, 0.717) is 21.2 Å². The van der Waals surface area contributed by atoms with Crippen LogP contribution in [0, 0.1) is 0 Å². The van der Waals surface area contributed by atoms with Gasteiger partial charge in [0.1, 0.15) is 17.1 Å². The van der Waals surface area contributed by atoms with Crippen LogP contribution in [0.4, 0.5) is 5.13 Å². The standard InChI is InChI=1S/C20H15ClN2O4S/c1-2-27-19(26)14-16(11-7-4-3-5-8-11)23(18(25)17(14)24)20-22-15-12(21)9-6-10-13(15)28-20/h3-10,16,24H,2H2,1H3. The fourth-order valence-electron chi connectivity index (χ4n) is 3.18. The summed E-state index contributed by atoms with van der Waals surface area (Å²) in [6, 6.07) is 13.5. The molecule has 0 saturated heterocycles. The van der Waals surface area contributed by atoms with Crippen LogP contribution in [-0.4, -0.2) is 28.6 Å². The van der Waals surface area contributed by atoms with Gasteiger partial charge in [-0.1, -0.05) is 59.3 Å². The Bertz CT molecular complexity index is 1110. The number of ether oxygens (including phenoxy) is 1. The van der Waals surface area contributed by atoms with Crippen molar-refractivity contribution in [1.29, 1.82) is 0 Å². The summed E-state index contributed by atoms with van der Waals surface area (Å²) in [5.74, 6) is -2.06.